The monoisotopic (exact) mass is 168 g/mol. The van der Waals surface area contributed by atoms with Crippen LogP contribution in [-0.4, -0.2) is 29.6 Å². The Morgan fingerprint density at radius 3 is 2.42 bits per heavy atom. The maximum absolute atomic E-state index is 2.49. The van der Waals surface area contributed by atoms with E-state index in [4.69, 9.17) is 0 Å². The van der Waals surface area contributed by atoms with E-state index in [1.807, 2.05) is 0 Å². The summed E-state index contributed by atoms with van der Waals surface area (Å²) in [5.41, 5.74) is 1.48. The van der Waals surface area contributed by atoms with Crippen LogP contribution >= 0.6 is 0 Å². The first kappa shape index (κ1) is 9.43. The minimum absolute atomic E-state index is 0.602. The molecular weight excluding hydrogens is 148 g/mol. The van der Waals surface area contributed by atoms with Crippen LogP contribution in [0.25, 0.3) is 0 Å². The summed E-state index contributed by atoms with van der Waals surface area (Å²) in [4.78, 5) is 4.81. The molecule has 1 rings (SSSR count). The van der Waals surface area contributed by atoms with Gasteiger partial charge in [-0.25, -0.2) is 0 Å². The fourth-order valence-corrected chi connectivity index (χ4v) is 2.02. The second-order valence-electron chi connectivity index (χ2n) is 3.31. The molecule has 1 aliphatic rings. The molecule has 0 radical (unpaired) electrons. The SMILES string of the molecule is CCC1=CN(C)C(CC)N1CC. The van der Waals surface area contributed by atoms with Crippen molar-refractivity contribution in [3.05, 3.63) is 11.9 Å². The van der Waals surface area contributed by atoms with Crippen LogP contribution < -0.4 is 0 Å². The van der Waals surface area contributed by atoms with E-state index in [1.165, 1.54) is 12.1 Å². The van der Waals surface area contributed by atoms with Gasteiger partial charge in [-0.1, -0.05) is 13.8 Å². The van der Waals surface area contributed by atoms with E-state index in [1.54, 1.807) is 0 Å². The summed E-state index contributed by atoms with van der Waals surface area (Å²) >= 11 is 0. The van der Waals surface area contributed by atoms with Gasteiger partial charge in [-0.3, -0.25) is 0 Å². The van der Waals surface area contributed by atoms with Crippen molar-refractivity contribution in [3.63, 3.8) is 0 Å². The molecule has 1 unspecified atom stereocenters. The molecule has 0 bridgehead atoms. The number of nitrogens with zero attached hydrogens (tertiary/aromatic N) is 2. The van der Waals surface area contributed by atoms with Crippen molar-refractivity contribution >= 4 is 0 Å². The molecule has 70 valence electrons. The molecule has 0 spiro atoms. The molecule has 0 saturated carbocycles. The van der Waals surface area contributed by atoms with Gasteiger partial charge >= 0.3 is 0 Å². The maximum atomic E-state index is 2.49. The molecule has 1 atom stereocenters. The van der Waals surface area contributed by atoms with Gasteiger partial charge in [-0.15, -0.1) is 0 Å². The highest BCUT2D eigenvalue weighted by Crippen LogP contribution is 2.24. The molecular formula is C10H20N2. The molecule has 2 nitrogen and oxygen atoms in total. The Morgan fingerprint density at radius 1 is 1.33 bits per heavy atom. The van der Waals surface area contributed by atoms with Gasteiger partial charge < -0.3 is 9.80 Å². The number of allylic oxidation sites excluding steroid dienone is 1. The lowest BCUT2D eigenvalue weighted by Gasteiger charge is -2.30. The van der Waals surface area contributed by atoms with Gasteiger partial charge in [0.05, 0.1) is 0 Å². The summed E-state index contributed by atoms with van der Waals surface area (Å²) in [6.07, 6.45) is 5.22. The lowest BCUT2D eigenvalue weighted by molar-refractivity contribution is 0.166. The van der Waals surface area contributed by atoms with E-state index >= 15 is 0 Å². The van der Waals surface area contributed by atoms with Gasteiger partial charge in [0.2, 0.25) is 0 Å². The molecule has 0 aromatic carbocycles. The highest BCUT2D eigenvalue weighted by atomic mass is 15.4. The third-order valence-corrected chi connectivity index (χ3v) is 2.62. The predicted molar refractivity (Wildman–Crippen MR) is 52.6 cm³/mol. The Kier molecular flexibility index (Phi) is 3.01. The molecule has 0 aliphatic carbocycles. The minimum Gasteiger partial charge on any atom is -0.359 e. The van der Waals surface area contributed by atoms with Crippen LogP contribution in [0.1, 0.15) is 33.6 Å². The summed E-state index contributed by atoms with van der Waals surface area (Å²) in [5.74, 6) is 0. The quantitative estimate of drug-likeness (QED) is 0.637. The van der Waals surface area contributed by atoms with Gasteiger partial charge in [0.15, 0.2) is 0 Å². The zero-order valence-corrected chi connectivity index (χ0v) is 8.67. The van der Waals surface area contributed by atoms with Crippen molar-refractivity contribution in [2.24, 2.45) is 0 Å². The van der Waals surface area contributed by atoms with Crippen LogP contribution in [0.15, 0.2) is 11.9 Å². The van der Waals surface area contributed by atoms with Crippen LogP contribution in [0.5, 0.6) is 0 Å². The molecule has 2 heteroatoms. The molecule has 12 heavy (non-hydrogen) atoms. The topological polar surface area (TPSA) is 6.48 Å². The summed E-state index contributed by atoms with van der Waals surface area (Å²) < 4.78 is 0. The molecule has 0 aromatic heterocycles. The van der Waals surface area contributed by atoms with Crippen molar-refractivity contribution < 1.29 is 0 Å². The zero-order chi connectivity index (χ0) is 9.14. The van der Waals surface area contributed by atoms with Crippen LogP contribution in [0, 0.1) is 0 Å². The molecule has 0 amide bonds. The Labute approximate surface area is 75.8 Å². The van der Waals surface area contributed by atoms with Crippen molar-refractivity contribution in [2.75, 3.05) is 13.6 Å². The Morgan fingerprint density at radius 2 is 2.00 bits per heavy atom. The molecule has 1 heterocycles. The Hall–Kier alpha value is -0.660. The smallest absolute Gasteiger partial charge is 0.100 e. The van der Waals surface area contributed by atoms with Crippen LogP contribution in [0.4, 0.5) is 0 Å². The van der Waals surface area contributed by atoms with Crippen molar-refractivity contribution in [2.45, 2.75) is 39.8 Å². The molecule has 0 N–H and O–H groups in total. The molecule has 0 aromatic rings. The summed E-state index contributed by atoms with van der Waals surface area (Å²) in [6, 6.07) is 0. The molecule has 0 saturated heterocycles. The number of hydrogen-bond acceptors (Lipinski definition) is 2. The fourth-order valence-electron chi connectivity index (χ4n) is 2.02. The summed E-state index contributed by atoms with van der Waals surface area (Å²) in [6.45, 7) is 7.82. The lowest BCUT2D eigenvalue weighted by atomic mass is 10.3. The Balaban J connectivity index is 2.71. The largest absolute Gasteiger partial charge is 0.359 e. The average Bonchev–Trinajstić information content (AvgIpc) is 2.40. The van der Waals surface area contributed by atoms with E-state index in [0.717, 1.165) is 13.0 Å². The number of rotatable bonds is 3. The third kappa shape index (κ3) is 1.43. The van der Waals surface area contributed by atoms with Crippen molar-refractivity contribution in [1.29, 1.82) is 0 Å². The highest BCUT2D eigenvalue weighted by Gasteiger charge is 2.25. The maximum Gasteiger partial charge on any atom is 0.100 e. The van der Waals surface area contributed by atoms with Gasteiger partial charge in [-0.05, 0) is 19.8 Å². The van der Waals surface area contributed by atoms with Gasteiger partial charge in [0.1, 0.15) is 6.17 Å². The van der Waals surface area contributed by atoms with E-state index in [0.29, 0.717) is 6.17 Å². The highest BCUT2D eigenvalue weighted by molar-refractivity contribution is 5.08. The second kappa shape index (κ2) is 3.83. The molecule has 0 fully saturated rings. The second-order valence-corrected chi connectivity index (χ2v) is 3.31. The fraction of sp³-hybridized carbons (Fsp3) is 0.800. The van der Waals surface area contributed by atoms with E-state index in [-0.39, 0.29) is 0 Å². The van der Waals surface area contributed by atoms with Crippen LogP contribution in [0.2, 0.25) is 0 Å². The normalized spacial score (nSPS) is 23.3. The van der Waals surface area contributed by atoms with E-state index in [2.05, 4.69) is 43.8 Å². The van der Waals surface area contributed by atoms with E-state index in [9.17, 15) is 0 Å². The third-order valence-electron chi connectivity index (χ3n) is 2.62. The van der Waals surface area contributed by atoms with Gasteiger partial charge in [-0.2, -0.15) is 0 Å². The average molecular weight is 168 g/mol. The van der Waals surface area contributed by atoms with Gasteiger partial charge in [0, 0.05) is 25.5 Å². The minimum atomic E-state index is 0.602. The van der Waals surface area contributed by atoms with Crippen molar-refractivity contribution in [1.82, 2.24) is 9.80 Å². The predicted octanol–water partition coefficient (Wildman–Crippen LogP) is 2.24. The lowest BCUT2D eigenvalue weighted by Crippen LogP contribution is -2.37. The number of hydrogen-bond donors (Lipinski definition) is 0. The van der Waals surface area contributed by atoms with Crippen molar-refractivity contribution in [3.8, 4) is 0 Å². The zero-order valence-electron chi connectivity index (χ0n) is 8.67. The van der Waals surface area contributed by atoms with Gasteiger partial charge in [0.25, 0.3) is 0 Å². The first-order chi connectivity index (χ1) is 5.74. The van der Waals surface area contributed by atoms with Crippen LogP contribution in [-0.2, 0) is 0 Å². The van der Waals surface area contributed by atoms with E-state index < -0.39 is 0 Å². The standard InChI is InChI=1S/C10H20N2/c1-5-9-8-11(4)10(6-2)12(9)7-3/h8,10H,5-7H2,1-4H3. The first-order valence-electron chi connectivity index (χ1n) is 4.93. The van der Waals surface area contributed by atoms with Crippen LogP contribution in [0.3, 0.4) is 0 Å². The Bertz CT molecular complexity index is 175. The first-order valence-corrected chi connectivity index (χ1v) is 4.93. The summed E-state index contributed by atoms with van der Waals surface area (Å²) in [7, 11) is 2.17. The summed E-state index contributed by atoms with van der Waals surface area (Å²) in [5, 5.41) is 0. The molecule has 1 aliphatic heterocycles.